The van der Waals surface area contributed by atoms with Crippen molar-refractivity contribution in [3.8, 4) is 5.75 Å². The van der Waals surface area contributed by atoms with Gasteiger partial charge in [-0.15, -0.1) is 0 Å². The summed E-state index contributed by atoms with van der Waals surface area (Å²) in [5.74, 6) is -0.113. The van der Waals surface area contributed by atoms with Gasteiger partial charge in [-0.3, -0.25) is 19.7 Å². The second kappa shape index (κ2) is 13.1. The molecule has 0 aromatic heterocycles. The maximum absolute atomic E-state index is 13.7. The predicted octanol–water partition coefficient (Wildman–Crippen LogP) is 3.34. The van der Waals surface area contributed by atoms with Crippen LogP contribution in [0.2, 0.25) is 5.02 Å². The molecular weight excluding hydrogens is 516 g/mol. The molecule has 1 spiro atoms. The summed E-state index contributed by atoms with van der Waals surface area (Å²) in [5, 5.41) is 9.78. The van der Waals surface area contributed by atoms with E-state index < -0.39 is 23.5 Å². The number of benzene rings is 2. The lowest BCUT2D eigenvalue weighted by molar-refractivity contribution is -0.144. The van der Waals surface area contributed by atoms with E-state index in [0.29, 0.717) is 31.0 Å². The van der Waals surface area contributed by atoms with Crippen molar-refractivity contribution in [2.24, 2.45) is 0 Å². The highest BCUT2D eigenvalue weighted by Gasteiger charge is 2.44. The maximum Gasteiger partial charge on any atom is 0.243 e. The lowest BCUT2D eigenvalue weighted by Gasteiger charge is -2.36. The number of rotatable bonds is 2. The molecule has 9 heteroatoms. The first kappa shape index (κ1) is 28.6. The number of likely N-dealkylation sites (N-methyl/N-ethyl adjacent to an activating group) is 1. The SMILES string of the molecule is C[C@@H]1C(=O)N[C@H](Cc2cccc(Cl)c2)C(=O)NC/C=C/c2ccccc2OCCNC2(CCCC2)C(=O)N1C. The van der Waals surface area contributed by atoms with Crippen LogP contribution >= 0.6 is 11.6 Å². The zero-order valence-corrected chi connectivity index (χ0v) is 23.3. The quantitative estimate of drug-likeness (QED) is 0.531. The zero-order chi connectivity index (χ0) is 27.8. The summed E-state index contributed by atoms with van der Waals surface area (Å²) in [5.41, 5.74) is 0.962. The van der Waals surface area contributed by atoms with Crippen molar-refractivity contribution in [2.45, 2.75) is 56.7 Å². The average Bonchev–Trinajstić information content (AvgIpc) is 3.42. The molecule has 3 N–H and O–H groups in total. The van der Waals surface area contributed by atoms with Crippen molar-refractivity contribution in [3.63, 3.8) is 0 Å². The first-order valence-electron chi connectivity index (χ1n) is 13.5. The minimum Gasteiger partial charge on any atom is -0.492 e. The summed E-state index contributed by atoms with van der Waals surface area (Å²) in [6.45, 7) is 2.84. The van der Waals surface area contributed by atoms with Crippen LogP contribution in [0.15, 0.2) is 54.6 Å². The monoisotopic (exact) mass is 552 g/mol. The molecule has 0 saturated heterocycles. The van der Waals surface area contributed by atoms with E-state index in [1.807, 2.05) is 48.6 Å². The van der Waals surface area contributed by atoms with Gasteiger partial charge in [-0.05, 0) is 43.5 Å². The first-order valence-corrected chi connectivity index (χ1v) is 13.9. The fourth-order valence-corrected chi connectivity index (χ4v) is 5.42. The highest BCUT2D eigenvalue weighted by atomic mass is 35.5. The Morgan fingerprint density at radius 2 is 1.82 bits per heavy atom. The number of ether oxygens (including phenoxy) is 1. The standard InChI is InChI=1S/C30H37ClN4O4/c1-21-27(36)34-25(20-22-9-7-12-24(31)19-22)28(37)32-16-8-11-23-10-3-4-13-26(23)39-18-17-33-30(14-5-6-15-30)29(38)35(21)2/h3-4,7-13,19,21,25,33H,5-6,14-18,20H2,1-2H3,(H,32,37)(H,34,36)/b11-8+/t21-,25-/m1/s1. The highest BCUT2D eigenvalue weighted by molar-refractivity contribution is 6.30. The van der Waals surface area contributed by atoms with E-state index in [1.165, 1.54) is 4.90 Å². The fourth-order valence-electron chi connectivity index (χ4n) is 5.20. The Bertz CT molecular complexity index is 1210. The first-order chi connectivity index (χ1) is 18.8. The van der Waals surface area contributed by atoms with Crippen LogP contribution < -0.4 is 20.7 Å². The smallest absolute Gasteiger partial charge is 0.243 e. The molecule has 2 aromatic rings. The molecule has 2 aliphatic rings. The normalized spacial score (nSPS) is 23.7. The van der Waals surface area contributed by atoms with Gasteiger partial charge in [-0.1, -0.05) is 66.9 Å². The number of hydrogen-bond acceptors (Lipinski definition) is 5. The molecular formula is C30H37ClN4O4. The van der Waals surface area contributed by atoms with Gasteiger partial charge in [0.15, 0.2) is 0 Å². The zero-order valence-electron chi connectivity index (χ0n) is 22.5. The fraction of sp³-hybridized carbons (Fsp3) is 0.433. The summed E-state index contributed by atoms with van der Waals surface area (Å²) < 4.78 is 6.05. The molecule has 0 radical (unpaired) electrons. The third-order valence-electron chi connectivity index (χ3n) is 7.54. The number of nitrogens with one attached hydrogen (secondary N) is 3. The molecule has 2 aromatic carbocycles. The molecule has 208 valence electrons. The van der Waals surface area contributed by atoms with E-state index in [1.54, 1.807) is 26.1 Å². The summed E-state index contributed by atoms with van der Waals surface area (Å²) in [6, 6.07) is 13.3. The van der Waals surface area contributed by atoms with Gasteiger partial charge >= 0.3 is 0 Å². The third kappa shape index (κ3) is 7.19. The Balaban J connectivity index is 1.61. The minimum absolute atomic E-state index is 0.122. The Kier molecular flexibility index (Phi) is 9.64. The molecule has 1 fully saturated rings. The van der Waals surface area contributed by atoms with E-state index in [4.69, 9.17) is 16.3 Å². The Morgan fingerprint density at radius 1 is 1.05 bits per heavy atom. The maximum atomic E-state index is 13.7. The molecule has 1 aliphatic heterocycles. The van der Waals surface area contributed by atoms with Crippen molar-refractivity contribution in [2.75, 3.05) is 26.7 Å². The van der Waals surface area contributed by atoms with Crippen LogP contribution in [0.3, 0.4) is 0 Å². The number of halogens is 1. The van der Waals surface area contributed by atoms with Gasteiger partial charge in [-0.25, -0.2) is 0 Å². The number of carbonyl (C=O) groups excluding carboxylic acids is 3. The second-order valence-electron chi connectivity index (χ2n) is 10.2. The van der Waals surface area contributed by atoms with Crippen LogP contribution in [0.5, 0.6) is 5.75 Å². The molecule has 1 saturated carbocycles. The Labute approximate surface area is 235 Å². The van der Waals surface area contributed by atoms with Crippen LogP contribution in [-0.2, 0) is 20.8 Å². The number of nitrogens with zero attached hydrogens (tertiary/aromatic N) is 1. The molecule has 8 nitrogen and oxygen atoms in total. The lowest BCUT2D eigenvalue weighted by Crippen LogP contribution is -2.61. The molecule has 3 amide bonds. The van der Waals surface area contributed by atoms with Gasteiger partial charge in [0.1, 0.15) is 24.4 Å². The van der Waals surface area contributed by atoms with Crippen LogP contribution in [0, 0.1) is 0 Å². The van der Waals surface area contributed by atoms with Gasteiger partial charge in [0, 0.05) is 37.1 Å². The largest absolute Gasteiger partial charge is 0.492 e. The van der Waals surface area contributed by atoms with E-state index in [9.17, 15) is 14.4 Å². The summed E-state index contributed by atoms with van der Waals surface area (Å²) >= 11 is 6.16. The van der Waals surface area contributed by atoms with E-state index in [0.717, 1.165) is 29.7 Å². The van der Waals surface area contributed by atoms with Crippen molar-refractivity contribution in [3.05, 3.63) is 70.8 Å². The van der Waals surface area contributed by atoms with Crippen molar-refractivity contribution >= 4 is 35.4 Å². The molecule has 1 aliphatic carbocycles. The van der Waals surface area contributed by atoms with Crippen molar-refractivity contribution in [1.82, 2.24) is 20.9 Å². The lowest BCUT2D eigenvalue weighted by atomic mass is 9.94. The highest BCUT2D eigenvalue weighted by Crippen LogP contribution is 2.32. The average molecular weight is 553 g/mol. The topological polar surface area (TPSA) is 99.8 Å². The summed E-state index contributed by atoms with van der Waals surface area (Å²) in [7, 11) is 1.65. The van der Waals surface area contributed by atoms with Crippen LogP contribution in [-0.4, -0.2) is 67.0 Å². The van der Waals surface area contributed by atoms with Crippen molar-refractivity contribution in [1.29, 1.82) is 0 Å². The van der Waals surface area contributed by atoms with Crippen LogP contribution in [0.1, 0.15) is 43.7 Å². The van der Waals surface area contributed by atoms with E-state index >= 15 is 0 Å². The molecule has 4 rings (SSSR count). The summed E-state index contributed by atoms with van der Waals surface area (Å²) in [6.07, 6.45) is 7.27. The Morgan fingerprint density at radius 3 is 2.59 bits per heavy atom. The molecule has 2 atom stereocenters. The van der Waals surface area contributed by atoms with Gasteiger partial charge in [-0.2, -0.15) is 0 Å². The number of amides is 3. The van der Waals surface area contributed by atoms with Gasteiger partial charge in [0.2, 0.25) is 17.7 Å². The van der Waals surface area contributed by atoms with Gasteiger partial charge in [0.25, 0.3) is 0 Å². The predicted molar refractivity (Wildman–Crippen MR) is 153 cm³/mol. The number of para-hydroxylation sites is 1. The molecule has 0 bridgehead atoms. The van der Waals surface area contributed by atoms with E-state index in [-0.39, 0.29) is 24.8 Å². The van der Waals surface area contributed by atoms with Crippen LogP contribution in [0.25, 0.3) is 6.08 Å². The molecule has 0 unspecified atom stereocenters. The molecule has 39 heavy (non-hydrogen) atoms. The summed E-state index contributed by atoms with van der Waals surface area (Å²) in [4.78, 5) is 41.8. The molecule has 1 heterocycles. The number of carbonyl (C=O) groups is 3. The minimum atomic E-state index is -0.844. The number of hydrogen-bond donors (Lipinski definition) is 3. The van der Waals surface area contributed by atoms with Crippen molar-refractivity contribution < 1.29 is 19.1 Å². The van der Waals surface area contributed by atoms with E-state index in [2.05, 4.69) is 16.0 Å². The Hall–Kier alpha value is -3.36. The van der Waals surface area contributed by atoms with Gasteiger partial charge < -0.3 is 20.3 Å². The second-order valence-corrected chi connectivity index (χ2v) is 10.7. The van der Waals surface area contributed by atoms with Gasteiger partial charge in [0.05, 0.1) is 5.54 Å². The third-order valence-corrected chi connectivity index (χ3v) is 7.78. The number of fused-ring (bicyclic) bond motifs is 1. The van der Waals surface area contributed by atoms with Crippen LogP contribution in [0.4, 0.5) is 0 Å².